The Balaban J connectivity index is 1.84. The van der Waals surface area contributed by atoms with Gasteiger partial charge >= 0.3 is 0 Å². The van der Waals surface area contributed by atoms with Gasteiger partial charge in [0.25, 0.3) is 5.91 Å². The minimum atomic E-state index is -0.439. The molecule has 2 aromatic rings. The largest absolute Gasteiger partial charge is 0.454 e. The Labute approximate surface area is 123 Å². The first-order valence-corrected chi connectivity index (χ1v) is 6.29. The van der Waals surface area contributed by atoms with Gasteiger partial charge in [-0.15, -0.1) is 10.2 Å². The van der Waals surface area contributed by atoms with Crippen molar-refractivity contribution in [2.75, 3.05) is 12.1 Å². The molecule has 8 heteroatoms. The number of amides is 1. The second-order valence-corrected chi connectivity index (χ2v) is 4.64. The lowest BCUT2D eigenvalue weighted by Crippen LogP contribution is -2.13. The quantitative estimate of drug-likeness (QED) is 0.923. The van der Waals surface area contributed by atoms with Gasteiger partial charge in [0.15, 0.2) is 21.8 Å². The van der Waals surface area contributed by atoms with Gasteiger partial charge in [-0.05, 0) is 18.2 Å². The number of ether oxygens (including phenoxy) is 2. The molecule has 1 N–H and O–H groups in total. The van der Waals surface area contributed by atoms with Crippen molar-refractivity contribution < 1.29 is 14.3 Å². The highest BCUT2D eigenvalue weighted by atomic mass is 35.5. The maximum absolute atomic E-state index is 12.1. The van der Waals surface area contributed by atoms with Crippen LogP contribution in [-0.2, 0) is 0 Å². The summed E-state index contributed by atoms with van der Waals surface area (Å²) in [5, 5.41) is 9.86. The molecule has 102 valence electrons. The zero-order valence-corrected chi connectivity index (χ0v) is 11.4. The van der Waals surface area contributed by atoms with Gasteiger partial charge in [-0.25, -0.2) is 0 Å². The zero-order valence-electron chi connectivity index (χ0n) is 9.89. The highest BCUT2D eigenvalue weighted by molar-refractivity contribution is 6.34. The molecule has 1 amide bonds. The molecule has 0 atom stereocenters. The summed E-state index contributed by atoms with van der Waals surface area (Å²) in [6, 6.07) is 6.40. The van der Waals surface area contributed by atoms with Crippen LogP contribution in [0.3, 0.4) is 0 Å². The van der Waals surface area contributed by atoms with Crippen LogP contribution in [0, 0.1) is 0 Å². The molecule has 0 saturated heterocycles. The molecule has 6 nitrogen and oxygen atoms in total. The van der Waals surface area contributed by atoms with Crippen molar-refractivity contribution in [1.29, 1.82) is 0 Å². The first kappa shape index (κ1) is 13.0. The number of anilines is 1. The van der Waals surface area contributed by atoms with Crippen molar-refractivity contribution >= 4 is 34.8 Å². The van der Waals surface area contributed by atoms with Gasteiger partial charge in [0.05, 0.1) is 5.56 Å². The fraction of sp³-hybridized carbons (Fsp3) is 0.0833. The molecule has 1 aliphatic rings. The number of hydrogen-bond acceptors (Lipinski definition) is 5. The molecule has 0 aliphatic carbocycles. The number of carbonyl (C=O) groups is 1. The van der Waals surface area contributed by atoms with E-state index in [1.54, 1.807) is 18.2 Å². The summed E-state index contributed by atoms with van der Waals surface area (Å²) in [6.07, 6.45) is 0. The van der Waals surface area contributed by atoms with E-state index in [2.05, 4.69) is 15.5 Å². The van der Waals surface area contributed by atoms with Gasteiger partial charge in [0, 0.05) is 11.8 Å². The van der Waals surface area contributed by atoms with E-state index in [9.17, 15) is 4.79 Å². The molecule has 1 aromatic carbocycles. The minimum Gasteiger partial charge on any atom is -0.454 e. The number of nitrogens with zero attached hydrogens (tertiary/aromatic N) is 2. The number of nitrogens with one attached hydrogen (secondary N) is 1. The molecule has 0 spiro atoms. The molecule has 2 heterocycles. The standard InChI is InChI=1S/C12H7Cl2N3O3/c13-10-4-7(11(14)17-16-10)12(18)15-6-1-2-8-9(3-6)20-5-19-8/h1-4H,5H2,(H,15,18). The van der Waals surface area contributed by atoms with Gasteiger partial charge in [0.2, 0.25) is 6.79 Å². The fourth-order valence-corrected chi connectivity index (χ4v) is 2.01. The molecule has 0 saturated carbocycles. The molecule has 0 radical (unpaired) electrons. The lowest BCUT2D eigenvalue weighted by atomic mass is 10.2. The minimum absolute atomic E-state index is 0.0207. The summed E-state index contributed by atoms with van der Waals surface area (Å²) in [7, 11) is 0. The lowest BCUT2D eigenvalue weighted by molar-refractivity contribution is 0.102. The van der Waals surface area contributed by atoms with Crippen LogP contribution in [0.1, 0.15) is 10.4 Å². The van der Waals surface area contributed by atoms with Crippen molar-refractivity contribution in [3.05, 3.63) is 40.1 Å². The van der Waals surface area contributed by atoms with Gasteiger partial charge < -0.3 is 14.8 Å². The van der Waals surface area contributed by atoms with E-state index in [4.69, 9.17) is 32.7 Å². The molecule has 3 rings (SSSR count). The Morgan fingerprint density at radius 2 is 1.95 bits per heavy atom. The average molecular weight is 312 g/mol. The summed E-state index contributed by atoms with van der Waals surface area (Å²) in [6.45, 7) is 0.169. The van der Waals surface area contributed by atoms with E-state index >= 15 is 0 Å². The van der Waals surface area contributed by atoms with Crippen molar-refractivity contribution in [3.8, 4) is 11.5 Å². The predicted molar refractivity (Wildman–Crippen MR) is 72.6 cm³/mol. The maximum atomic E-state index is 12.1. The maximum Gasteiger partial charge on any atom is 0.258 e. The fourth-order valence-electron chi connectivity index (χ4n) is 1.69. The molecule has 0 unspecified atom stereocenters. The van der Waals surface area contributed by atoms with Gasteiger partial charge in [0.1, 0.15) is 0 Å². The van der Waals surface area contributed by atoms with Crippen LogP contribution in [0.2, 0.25) is 10.3 Å². The molecule has 20 heavy (non-hydrogen) atoms. The van der Waals surface area contributed by atoms with Crippen molar-refractivity contribution in [1.82, 2.24) is 10.2 Å². The molecule has 1 aromatic heterocycles. The lowest BCUT2D eigenvalue weighted by Gasteiger charge is -2.07. The van der Waals surface area contributed by atoms with E-state index in [0.717, 1.165) is 0 Å². The summed E-state index contributed by atoms with van der Waals surface area (Å²) in [4.78, 5) is 12.1. The van der Waals surface area contributed by atoms with E-state index in [0.29, 0.717) is 17.2 Å². The normalized spacial score (nSPS) is 12.3. The Kier molecular flexibility index (Phi) is 3.33. The number of rotatable bonds is 2. The van der Waals surface area contributed by atoms with E-state index < -0.39 is 5.91 Å². The third-order valence-corrected chi connectivity index (χ3v) is 3.06. The van der Waals surface area contributed by atoms with E-state index in [1.165, 1.54) is 6.07 Å². The summed E-state index contributed by atoms with van der Waals surface area (Å²) in [5.41, 5.74) is 0.688. The van der Waals surface area contributed by atoms with Gasteiger partial charge in [-0.1, -0.05) is 23.2 Å². The van der Waals surface area contributed by atoms with Crippen LogP contribution in [0.15, 0.2) is 24.3 Å². The monoisotopic (exact) mass is 311 g/mol. The first-order valence-electron chi connectivity index (χ1n) is 5.53. The van der Waals surface area contributed by atoms with Crippen LogP contribution in [0.25, 0.3) is 0 Å². The highest BCUT2D eigenvalue weighted by Gasteiger charge is 2.16. The van der Waals surface area contributed by atoms with Crippen LogP contribution in [-0.4, -0.2) is 22.9 Å². The number of benzene rings is 1. The van der Waals surface area contributed by atoms with Gasteiger partial charge in [-0.3, -0.25) is 4.79 Å². The Hall–Kier alpha value is -2.05. The number of aromatic nitrogens is 2. The SMILES string of the molecule is O=C(Nc1ccc2c(c1)OCO2)c1cc(Cl)nnc1Cl. The predicted octanol–water partition coefficient (Wildman–Crippen LogP) is 2.76. The Morgan fingerprint density at radius 1 is 1.15 bits per heavy atom. The molecule has 1 aliphatic heterocycles. The topological polar surface area (TPSA) is 73.3 Å². The van der Waals surface area contributed by atoms with Crippen LogP contribution < -0.4 is 14.8 Å². The Morgan fingerprint density at radius 3 is 2.80 bits per heavy atom. The summed E-state index contributed by atoms with van der Waals surface area (Å²) in [5.74, 6) is 0.764. The number of hydrogen-bond donors (Lipinski definition) is 1. The number of fused-ring (bicyclic) bond motifs is 1. The molecular formula is C12H7Cl2N3O3. The van der Waals surface area contributed by atoms with Crippen molar-refractivity contribution in [2.45, 2.75) is 0 Å². The summed E-state index contributed by atoms with van der Waals surface area (Å²) < 4.78 is 10.4. The molecular weight excluding hydrogens is 305 g/mol. The average Bonchev–Trinajstić information content (AvgIpc) is 2.89. The van der Waals surface area contributed by atoms with Crippen LogP contribution in [0.4, 0.5) is 5.69 Å². The third kappa shape index (κ3) is 2.48. The number of carbonyl (C=O) groups excluding carboxylic acids is 1. The van der Waals surface area contributed by atoms with E-state index in [-0.39, 0.29) is 22.7 Å². The Bertz CT molecular complexity index is 694. The van der Waals surface area contributed by atoms with Gasteiger partial charge in [-0.2, -0.15) is 0 Å². The second kappa shape index (κ2) is 5.15. The zero-order chi connectivity index (χ0) is 14.1. The van der Waals surface area contributed by atoms with E-state index in [1.807, 2.05) is 0 Å². The molecule has 0 fully saturated rings. The second-order valence-electron chi connectivity index (χ2n) is 3.89. The highest BCUT2D eigenvalue weighted by Crippen LogP contribution is 2.34. The smallest absolute Gasteiger partial charge is 0.258 e. The molecule has 0 bridgehead atoms. The van der Waals surface area contributed by atoms with Crippen molar-refractivity contribution in [3.63, 3.8) is 0 Å². The number of halogens is 2. The third-order valence-electron chi connectivity index (χ3n) is 2.59. The van der Waals surface area contributed by atoms with Crippen molar-refractivity contribution in [2.24, 2.45) is 0 Å². The van der Waals surface area contributed by atoms with Crippen LogP contribution >= 0.6 is 23.2 Å². The summed E-state index contributed by atoms with van der Waals surface area (Å²) >= 11 is 11.5. The van der Waals surface area contributed by atoms with Crippen LogP contribution in [0.5, 0.6) is 11.5 Å². The first-order chi connectivity index (χ1) is 9.63.